The number of allylic oxidation sites excluding steroid dienone is 4. The first-order valence-corrected chi connectivity index (χ1v) is 15.1. The highest BCUT2D eigenvalue weighted by Gasteiger charge is 2.28. The summed E-state index contributed by atoms with van der Waals surface area (Å²) in [5.74, 6) is 0.311. The molecule has 0 N–H and O–H groups in total. The molecule has 0 saturated carbocycles. The monoisotopic (exact) mass is 568 g/mol. The molecule has 0 unspecified atom stereocenters. The lowest BCUT2D eigenvalue weighted by Gasteiger charge is -2.18. The number of rotatable bonds is 14. The zero-order valence-corrected chi connectivity index (χ0v) is 26.6. The van der Waals surface area contributed by atoms with Crippen LogP contribution in [-0.4, -0.2) is 23.5 Å². The summed E-state index contributed by atoms with van der Waals surface area (Å²) in [6.45, 7) is 15.3. The quantitative estimate of drug-likeness (QED) is 0.232. The number of benzene rings is 1. The number of ketones is 2. The Morgan fingerprint density at radius 1 is 0.732 bits per heavy atom. The van der Waals surface area contributed by atoms with Crippen LogP contribution < -0.4 is 10.2 Å². The number of hydrogen-bond acceptors (Lipinski definition) is 6. The van der Waals surface area contributed by atoms with E-state index in [1.54, 1.807) is 19.1 Å². The molecule has 1 aromatic rings. The van der Waals surface area contributed by atoms with Gasteiger partial charge in [-0.15, -0.1) is 0 Å². The third-order valence-electron chi connectivity index (χ3n) is 7.28. The van der Waals surface area contributed by atoms with Gasteiger partial charge in [0.05, 0.1) is 0 Å². The number of carboxylic acid groups (broad SMARTS) is 2. The summed E-state index contributed by atoms with van der Waals surface area (Å²) in [5.41, 5.74) is 3.68. The molecule has 0 aromatic heterocycles. The maximum atomic E-state index is 12.9. The maximum absolute atomic E-state index is 12.9. The minimum absolute atomic E-state index is 0.00526. The topological polar surface area (TPSA) is 114 Å². The van der Waals surface area contributed by atoms with Crippen LogP contribution in [0.25, 0.3) is 0 Å². The Bertz CT molecular complexity index is 1030. The lowest BCUT2D eigenvalue weighted by atomic mass is 9.83. The van der Waals surface area contributed by atoms with Crippen LogP contribution in [0, 0.1) is 17.8 Å². The second kappa shape index (κ2) is 20.8. The Morgan fingerprint density at radius 2 is 1.15 bits per heavy atom. The van der Waals surface area contributed by atoms with Gasteiger partial charge in [-0.3, -0.25) is 9.59 Å². The molecule has 6 heteroatoms. The molecule has 1 aliphatic carbocycles. The minimum atomic E-state index is -1.08. The zero-order valence-electron chi connectivity index (χ0n) is 26.6. The Morgan fingerprint density at radius 3 is 1.61 bits per heavy atom. The number of Topliss-reactive ketones (excluding diaryl/α,β-unsaturated/α-hetero) is 2. The second-order valence-corrected chi connectivity index (χ2v) is 11.9. The largest absolute Gasteiger partial charge is 0.550 e. The van der Waals surface area contributed by atoms with Crippen molar-refractivity contribution in [2.75, 3.05) is 0 Å². The Labute approximate surface area is 248 Å². The fourth-order valence-electron chi connectivity index (χ4n) is 4.88. The van der Waals surface area contributed by atoms with Crippen molar-refractivity contribution in [1.82, 2.24) is 0 Å². The van der Waals surface area contributed by atoms with Crippen LogP contribution in [0.5, 0.6) is 0 Å². The van der Waals surface area contributed by atoms with Crippen LogP contribution in [0.2, 0.25) is 0 Å². The summed E-state index contributed by atoms with van der Waals surface area (Å²) in [7, 11) is 0. The molecule has 0 amide bonds. The highest BCUT2D eigenvalue weighted by Crippen LogP contribution is 2.29. The molecule has 0 spiro atoms. The van der Waals surface area contributed by atoms with E-state index >= 15 is 0 Å². The van der Waals surface area contributed by atoms with E-state index in [0.29, 0.717) is 28.7 Å². The smallest absolute Gasteiger partial charge is 0.190 e. The molecule has 2 rings (SSSR count). The van der Waals surface area contributed by atoms with Gasteiger partial charge in [0.15, 0.2) is 11.6 Å². The number of hydrogen-bond donors (Lipinski definition) is 0. The Balaban J connectivity index is 0.00000176. The van der Waals surface area contributed by atoms with Crippen LogP contribution in [0.3, 0.4) is 0 Å². The molecule has 6 nitrogen and oxygen atoms in total. The number of carbonyl (C=O) groups is 4. The van der Waals surface area contributed by atoms with Crippen molar-refractivity contribution in [3.63, 3.8) is 0 Å². The first kappa shape index (κ1) is 38.0. The van der Waals surface area contributed by atoms with Gasteiger partial charge in [0.2, 0.25) is 0 Å². The number of fused-ring (bicyclic) bond motifs is 1. The second-order valence-electron chi connectivity index (χ2n) is 11.9. The molecular formula is C35H52O6-2. The summed E-state index contributed by atoms with van der Waals surface area (Å²) in [6.07, 6.45) is 14.4. The first-order chi connectivity index (χ1) is 19.2. The Hall–Kier alpha value is -3.02. The van der Waals surface area contributed by atoms with Gasteiger partial charge in [-0.25, -0.2) is 0 Å². The predicted molar refractivity (Wildman–Crippen MR) is 162 cm³/mol. The molecule has 0 heterocycles. The highest BCUT2D eigenvalue weighted by atomic mass is 16.4. The maximum Gasteiger partial charge on any atom is 0.190 e. The molecule has 230 valence electrons. The van der Waals surface area contributed by atoms with Crippen LogP contribution in [0.4, 0.5) is 0 Å². The summed E-state index contributed by atoms with van der Waals surface area (Å²) in [5, 5.41) is 17.8. The van der Waals surface area contributed by atoms with Crippen molar-refractivity contribution in [2.24, 2.45) is 17.8 Å². The molecule has 0 aliphatic heterocycles. The van der Waals surface area contributed by atoms with E-state index in [-0.39, 0.29) is 11.6 Å². The third-order valence-corrected chi connectivity index (χ3v) is 7.28. The molecule has 0 saturated heterocycles. The molecule has 0 fully saturated rings. The minimum Gasteiger partial charge on any atom is -0.550 e. The molecule has 0 radical (unpaired) electrons. The van der Waals surface area contributed by atoms with E-state index in [1.165, 1.54) is 56.9 Å². The molecular weight excluding hydrogens is 516 g/mol. The summed E-state index contributed by atoms with van der Waals surface area (Å²) >= 11 is 0. The average molecular weight is 569 g/mol. The number of aliphatic carboxylic acids is 2. The summed E-state index contributed by atoms with van der Waals surface area (Å²) in [6, 6.07) is 7.18. The van der Waals surface area contributed by atoms with Crippen LogP contribution in [0.1, 0.15) is 140 Å². The SMILES string of the molecule is CC(=O)[O-].CC(=O)[O-].CC1=C(C/C=C(\C)CCC[C@H](C)CCC[C@H](C)CCCC(C)C)C(=O)c2ccccc2C1=O. The van der Waals surface area contributed by atoms with Gasteiger partial charge in [-0.05, 0) is 64.7 Å². The lowest BCUT2D eigenvalue weighted by Crippen LogP contribution is -2.20. The van der Waals surface area contributed by atoms with E-state index < -0.39 is 11.9 Å². The van der Waals surface area contributed by atoms with Gasteiger partial charge < -0.3 is 19.8 Å². The highest BCUT2D eigenvalue weighted by molar-refractivity contribution is 6.26. The standard InChI is InChI=1S/C31H46O2.2C2H4O2/c1-22(2)12-9-13-23(3)14-10-15-24(4)16-11-17-25(5)20-21-27-26(6)30(32)28-18-7-8-19-29(28)31(27)33;2*1-2(3)4/h7-8,18-20,22-24H,9-17,21H2,1-6H3;2*1H3,(H,3,4)/p-2/b25-20+;;/t23-,24-;;/m1../s1. The van der Waals surface area contributed by atoms with Gasteiger partial charge in [-0.2, -0.15) is 0 Å². The first-order valence-electron chi connectivity index (χ1n) is 15.1. The number of carboxylic acids is 2. The van der Waals surface area contributed by atoms with Crippen LogP contribution in [-0.2, 0) is 9.59 Å². The van der Waals surface area contributed by atoms with E-state index in [1.807, 2.05) is 12.1 Å². The molecule has 1 aromatic carbocycles. The Kier molecular flexibility index (Phi) is 19.3. The van der Waals surface area contributed by atoms with Crippen molar-refractivity contribution < 1.29 is 29.4 Å². The van der Waals surface area contributed by atoms with Gasteiger partial charge in [0.1, 0.15) is 0 Å². The average Bonchev–Trinajstić information content (AvgIpc) is 2.86. The van der Waals surface area contributed by atoms with Crippen LogP contribution >= 0.6 is 0 Å². The van der Waals surface area contributed by atoms with Crippen molar-refractivity contribution in [3.8, 4) is 0 Å². The van der Waals surface area contributed by atoms with Crippen molar-refractivity contribution >= 4 is 23.5 Å². The van der Waals surface area contributed by atoms with E-state index in [9.17, 15) is 9.59 Å². The third kappa shape index (κ3) is 17.4. The molecule has 2 atom stereocenters. The fourth-order valence-corrected chi connectivity index (χ4v) is 4.88. The lowest BCUT2D eigenvalue weighted by molar-refractivity contribution is -0.303. The predicted octanol–water partition coefficient (Wildman–Crippen LogP) is 6.67. The van der Waals surface area contributed by atoms with Crippen LogP contribution in [0.15, 0.2) is 47.1 Å². The van der Waals surface area contributed by atoms with E-state index in [4.69, 9.17) is 19.8 Å². The summed E-state index contributed by atoms with van der Waals surface area (Å²) in [4.78, 5) is 43.3. The summed E-state index contributed by atoms with van der Waals surface area (Å²) < 4.78 is 0. The zero-order chi connectivity index (χ0) is 31.5. The van der Waals surface area contributed by atoms with Crippen molar-refractivity contribution in [1.29, 1.82) is 0 Å². The van der Waals surface area contributed by atoms with Crippen molar-refractivity contribution in [3.05, 3.63) is 58.2 Å². The van der Waals surface area contributed by atoms with Gasteiger partial charge in [-0.1, -0.05) is 109 Å². The van der Waals surface area contributed by atoms with Gasteiger partial charge in [0, 0.05) is 34.2 Å². The fraction of sp³-hybridized carbons (Fsp3) is 0.600. The van der Waals surface area contributed by atoms with E-state index in [2.05, 4.69) is 40.7 Å². The van der Waals surface area contributed by atoms with Crippen molar-refractivity contribution in [2.45, 2.75) is 120 Å². The molecule has 0 bridgehead atoms. The number of carbonyl (C=O) groups excluding carboxylic acids is 4. The van der Waals surface area contributed by atoms with Gasteiger partial charge >= 0.3 is 0 Å². The van der Waals surface area contributed by atoms with Gasteiger partial charge in [0.25, 0.3) is 0 Å². The molecule has 41 heavy (non-hydrogen) atoms. The van der Waals surface area contributed by atoms with E-state index in [0.717, 1.165) is 38.0 Å². The normalized spacial score (nSPS) is 14.4. The molecule has 1 aliphatic rings.